The van der Waals surface area contributed by atoms with E-state index in [-0.39, 0.29) is 17.1 Å². The lowest BCUT2D eigenvalue weighted by molar-refractivity contribution is 0.0491. The summed E-state index contributed by atoms with van der Waals surface area (Å²) >= 11 is 0. The van der Waals surface area contributed by atoms with Crippen molar-refractivity contribution in [2.75, 3.05) is 12.0 Å². The van der Waals surface area contributed by atoms with Gasteiger partial charge in [-0.05, 0) is 18.6 Å². The summed E-state index contributed by atoms with van der Waals surface area (Å²) in [6.45, 7) is 2.28. The topological polar surface area (TPSA) is 115 Å². The number of unbranched alkanes of at least 4 members (excludes halogenated alkanes) is 1. The first-order valence-corrected chi connectivity index (χ1v) is 5.48. The molecule has 7 heteroatoms. The molecule has 0 saturated heterocycles. The molecule has 18 heavy (non-hydrogen) atoms. The third-order valence-electron chi connectivity index (χ3n) is 2.20. The van der Waals surface area contributed by atoms with Gasteiger partial charge < -0.3 is 15.3 Å². The number of hydrogen-bond donors (Lipinski definition) is 3. The second kappa shape index (κ2) is 6.55. The van der Waals surface area contributed by atoms with Crippen LogP contribution in [0.5, 0.6) is 0 Å². The van der Waals surface area contributed by atoms with E-state index in [1.807, 2.05) is 6.92 Å². The number of anilines is 1. The van der Waals surface area contributed by atoms with Gasteiger partial charge in [0.05, 0.1) is 6.61 Å². The van der Waals surface area contributed by atoms with Crippen LogP contribution >= 0.6 is 0 Å². The Bertz CT molecular complexity index is 448. The molecule has 0 spiro atoms. The maximum absolute atomic E-state index is 11.6. The summed E-state index contributed by atoms with van der Waals surface area (Å²) in [5, 5.41) is 8.85. The molecule has 0 aliphatic carbocycles. The lowest BCUT2D eigenvalue weighted by Crippen LogP contribution is -2.17. The molecular weight excluding hydrogens is 238 g/mol. The van der Waals surface area contributed by atoms with Crippen LogP contribution in [0.3, 0.4) is 0 Å². The van der Waals surface area contributed by atoms with E-state index in [1.54, 1.807) is 0 Å². The summed E-state index contributed by atoms with van der Waals surface area (Å²) in [5.41, 5.74) is 2.05. The molecular formula is C11H15N3O4. The molecule has 0 saturated carbocycles. The smallest absolute Gasteiger partial charge is 0.357 e. The van der Waals surface area contributed by atoms with E-state index >= 15 is 0 Å². The van der Waals surface area contributed by atoms with Crippen molar-refractivity contribution in [3.63, 3.8) is 0 Å². The fraction of sp³-hybridized carbons (Fsp3) is 0.364. The molecule has 1 rings (SSSR count). The van der Waals surface area contributed by atoms with Crippen LogP contribution in [0.25, 0.3) is 0 Å². The summed E-state index contributed by atoms with van der Waals surface area (Å²) in [6, 6.07) is 2.54. The lowest BCUT2D eigenvalue weighted by Gasteiger charge is -2.07. The molecule has 0 aliphatic heterocycles. The van der Waals surface area contributed by atoms with E-state index in [1.165, 1.54) is 12.1 Å². The molecule has 0 atom stereocenters. The van der Waals surface area contributed by atoms with Crippen LogP contribution in [0.4, 0.5) is 5.82 Å². The Morgan fingerprint density at radius 3 is 2.78 bits per heavy atom. The predicted molar refractivity (Wildman–Crippen MR) is 64.2 cm³/mol. The van der Waals surface area contributed by atoms with Crippen LogP contribution in [0.2, 0.25) is 0 Å². The first-order chi connectivity index (χ1) is 8.60. The number of hydrogen-bond acceptors (Lipinski definition) is 6. The SMILES string of the molecule is CCCCOC(=O)c1ccc(C(=O)O)c(NN)n1. The van der Waals surface area contributed by atoms with Gasteiger partial charge in [-0.2, -0.15) is 0 Å². The van der Waals surface area contributed by atoms with Crippen LogP contribution in [-0.2, 0) is 4.74 Å². The zero-order valence-electron chi connectivity index (χ0n) is 9.97. The van der Waals surface area contributed by atoms with Gasteiger partial charge in [0.2, 0.25) is 0 Å². The van der Waals surface area contributed by atoms with Crippen LogP contribution in [0, 0.1) is 0 Å². The van der Waals surface area contributed by atoms with Gasteiger partial charge >= 0.3 is 11.9 Å². The van der Waals surface area contributed by atoms with Crippen LogP contribution in [0.1, 0.15) is 40.6 Å². The second-order valence-electron chi connectivity index (χ2n) is 3.53. The highest BCUT2D eigenvalue weighted by Gasteiger charge is 2.15. The highest BCUT2D eigenvalue weighted by Crippen LogP contribution is 2.13. The Hall–Kier alpha value is -2.15. The number of rotatable bonds is 6. The fourth-order valence-electron chi connectivity index (χ4n) is 1.24. The summed E-state index contributed by atoms with van der Waals surface area (Å²) in [4.78, 5) is 26.2. The number of ether oxygens (including phenoxy) is 1. The molecule has 1 aromatic rings. The maximum Gasteiger partial charge on any atom is 0.357 e. The minimum absolute atomic E-state index is 0.0176. The first kappa shape index (κ1) is 13.9. The minimum Gasteiger partial charge on any atom is -0.478 e. The molecule has 0 aromatic carbocycles. The third kappa shape index (κ3) is 3.42. The Kier molecular flexibility index (Phi) is 5.06. The number of carbonyl (C=O) groups excluding carboxylic acids is 1. The fourth-order valence-corrected chi connectivity index (χ4v) is 1.24. The number of carboxylic acids is 1. The van der Waals surface area contributed by atoms with E-state index in [9.17, 15) is 9.59 Å². The molecule has 0 bridgehead atoms. The lowest BCUT2D eigenvalue weighted by atomic mass is 10.2. The normalized spacial score (nSPS) is 9.89. The number of aromatic nitrogens is 1. The van der Waals surface area contributed by atoms with Gasteiger partial charge in [0.15, 0.2) is 11.5 Å². The number of nitrogens with two attached hydrogens (primary N) is 1. The van der Waals surface area contributed by atoms with E-state index in [0.717, 1.165) is 12.8 Å². The van der Waals surface area contributed by atoms with Crippen molar-refractivity contribution < 1.29 is 19.4 Å². The van der Waals surface area contributed by atoms with Crippen LogP contribution < -0.4 is 11.3 Å². The van der Waals surface area contributed by atoms with E-state index < -0.39 is 11.9 Å². The van der Waals surface area contributed by atoms with Gasteiger partial charge in [0.25, 0.3) is 0 Å². The van der Waals surface area contributed by atoms with E-state index in [2.05, 4.69) is 10.4 Å². The van der Waals surface area contributed by atoms with Crippen molar-refractivity contribution in [2.24, 2.45) is 5.84 Å². The number of hydrazine groups is 1. The molecule has 0 amide bonds. The number of nitrogens with one attached hydrogen (secondary N) is 1. The molecule has 0 radical (unpaired) electrons. The average molecular weight is 253 g/mol. The van der Waals surface area contributed by atoms with Gasteiger partial charge in [-0.3, -0.25) is 0 Å². The zero-order valence-corrected chi connectivity index (χ0v) is 9.97. The Morgan fingerprint density at radius 2 is 2.22 bits per heavy atom. The van der Waals surface area contributed by atoms with E-state index in [0.29, 0.717) is 6.61 Å². The summed E-state index contributed by atoms with van der Waals surface area (Å²) < 4.78 is 4.95. The molecule has 1 heterocycles. The van der Waals surface area contributed by atoms with Crippen molar-refractivity contribution in [3.05, 3.63) is 23.4 Å². The molecule has 1 aromatic heterocycles. The number of nitrogens with zero attached hydrogens (tertiary/aromatic N) is 1. The number of esters is 1. The van der Waals surface area contributed by atoms with Crippen molar-refractivity contribution in [2.45, 2.75) is 19.8 Å². The van der Waals surface area contributed by atoms with Gasteiger partial charge in [-0.15, -0.1) is 0 Å². The highest BCUT2D eigenvalue weighted by molar-refractivity contribution is 5.95. The number of carbonyl (C=O) groups is 2. The van der Waals surface area contributed by atoms with Gasteiger partial charge in [0.1, 0.15) is 5.56 Å². The van der Waals surface area contributed by atoms with Gasteiger partial charge in [-0.1, -0.05) is 13.3 Å². The number of aromatic carboxylic acids is 1. The van der Waals surface area contributed by atoms with Gasteiger partial charge in [-0.25, -0.2) is 20.4 Å². The molecule has 0 aliphatic rings. The molecule has 7 nitrogen and oxygen atoms in total. The molecule has 98 valence electrons. The second-order valence-corrected chi connectivity index (χ2v) is 3.53. The number of nitrogen functional groups attached to an aromatic ring is 1. The van der Waals surface area contributed by atoms with Crippen molar-refractivity contribution in [3.8, 4) is 0 Å². The van der Waals surface area contributed by atoms with Crippen molar-refractivity contribution in [1.82, 2.24) is 4.98 Å². The van der Waals surface area contributed by atoms with Crippen molar-refractivity contribution in [1.29, 1.82) is 0 Å². The van der Waals surface area contributed by atoms with Crippen LogP contribution in [-0.4, -0.2) is 28.6 Å². The number of carboxylic acid groups (broad SMARTS) is 1. The number of pyridine rings is 1. The molecule has 4 N–H and O–H groups in total. The quantitative estimate of drug-likeness (QED) is 0.300. The molecule has 0 unspecified atom stereocenters. The monoisotopic (exact) mass is 253 g/mol. The Balaban J connectivity index is 2.85. The minimum atomic E-state index is -1.18. The molecule has 0 fully saturated rings. The highest BCUT2D eigenvalue weighted by atomic mass is 16.5. The Morgan fingerprint density at radius 1 is 1.50 bits per heavy atom. The largest absolute Gasteiger partial charge is 0.478 e. The van der Waals surface area contributed by atoms with Crippen LogP contribution in [0.15, 0.2) is 12.1 Å². The predicted octanol–water partition coefficient (Wildman–Crippen LogP) is 1.02. The van der Waals surface area contributed by atoms with Gasteiger partial charge in [0, 0.05) is 0 Å². The average Bonchev–Trinajstić information content (AvgIpc) is 2.37. The standard InChI is InChI=1S/C11H15N3O4/c1-2-3-6-18-11(17)8-5-4-7(10(15)16)9(13-8)14-12/h4-5H,2-3,6,12H2,1H3,(H,13,14)(H,15,16). The maximum atomic E-state index is 11.6. The third-order valence-corrected chi connectivity index (χ3v) is 2.20. The first-order valence-electron chi connectivity index (χ1n) is 5.48. The zero-order chi connectivity index (χ0) is 13.5. The summed E-state index contributed by atoms with van der Waals surface area (Å²) in [7, 11) is 0. The summed E-state index contributed by atoms with van der Waals surface area (Å²) in [6.07, 6.45) is 1.68. The Labute approximate surface area is 104 Å². The van der Waals surface area contributed by atoms with Crippen molar-refractivity contribution >= 4 is 17.8 Å². The van der Waals surface area contributed by atoms with E-state index in [4.69, 9.17) is 15.7 Å². The summed E-state index contributed by atoms with van der Waals surface area (Å²) in [5.74, 6) is 3.30.